The van der Waals surface area contributed by atoms with Gasteiger partial charge in [-0.25, -0.2) is 9.97 Å². The normalized spacial score (nSPS) is 11.4. The molecule has 0 unspecified atom stereocenters. The number of halogens is 1. The third kappa shape index (κ3) is 1.28. The van der Waals surface area contributed by atoms with Gasteiger partial charge in [-0.3, -0.25) is 0 Å². The average molecular weight is 233 g/mol. The minimum atomic E-state index is 0.316. The Kier molecular flexibility index (Phi) is 2.07. The van der Waals surface area contributed by atoms with Gasteiger partial charge in [-0.2, -0.15) is 0 Å². The quantitative estimate of drug-likeness (QED) is 0.604. The van der Waals surface area contributed by atoms with Crippen LogP contribution in [0.2, 0.25) is 0 Å². The summed E-state index contributed by atoms with van der Waals surface area (Å²) in [4.78, 5) is 8.68. The number of benzene rings is 1. The molecule has 1 aromatic carbocycles. The van der Waals surface area contributed by atoms with Gasteiger partial charge in [0.15, 0.2) is 5.58 Å². The topological polar surface area (TPSA) is 38.9 Å². The van der Waals surface area contributed by atoms with E-state index in [-0.39, 0.29) is 0 Å². The summed E-state index contributed by atoms with van der Waals surface area (Å²) >= 11 is 5.76. The number of fused-ring (bicyclic) bond motifs is 3. The van der Waals surface area contributed by atoms with Crippen LogP contribution in [-0.4, -0.2) is 9.97 Å². The lowest BCUT2D eigenvalue weighted by Gasteiger charge is -1.97. The molecule has 3 aromatic rings. The molecule has 2 aromatic heterocycles. The molecule has 2 heterocycles. The van der Waals surface area contributed by atoms with Crippen molar-refractivity contribution < 1.29 is 4.42 Å². The first-order valence-corrected chi connectivity index (χ1v) is 5.54. The van der Waals surface area contributed by atoms with Crippen LogP contribution in [0.25, 0.3) is 22.1 Å². The maximum absolute atomic E-state index is 5.76. The van der Waals surface area contributed by atoms with E-state index in [4.69, 9.17) is 16.0 Å². The first-order chi connectivity index (χ1) is 7.79. The second-order valence-corrected chi connectivity index (χ2v) is 3.90. The molecule has 0 spiro atoms. The number of rotatable bonds is 1. The van der Waals surface area contributed by atoms with Crippen LogP contribution in [0.15, 0.2) is 28.7 Å². The number of hydrogen-bond donors (Lipinski definition) is 0. The fourth-order valence-electron chi connectivity index (χ4n) is 1.85. The number of nitrogens with zero attached hydrogens (tertiary/aromatic N) is 2. The van der Waals surface area contributed by atoms with Gasteiger partial charge in [-0.15, -0.1) is 11.6 Å². The van der Waals surface area contributed by atoms with Crippen molar-refractivity contribution in [3.8, 4) is 0 Å². The molecule has 16 heavy (non-hydrogen) atoms. The zero-order valence-corrected chi connectivity index (χ0v) is 9.45. The lowest BCUT2D eigenvalue weighted by atomic mass is 10.2. The van der Waals surface area contributed by atoms with Crippen LogP contribution >= 0.6 is 11.6 Å². The van der Waals surface area contributed by atoms with Gasteiger partial charge in [0.25, 0.3) is 0 Å². The summed E-state index contributed by atoms with van der Waals surface area (Å²) in [7, 11) is 0. The summed E-state index contributed by atoms with van der Waals surface area (Å²) in [6, 6.07) is 7.83. The van der Waals surface area contributed by atoms with Crippen LogP contribution in [-0.2, 0) is 5.88 Å². The minimum absolute atomic E-state index is 0.316. The highest BCUT2D eigenvalue weighted by atomic mass is 35.5. The summed E-state index contributed by atoms with van der Waals surface area (Å²) in [5, 5.41) is 1.01. The molecule has 3 nitrogen and oxygen atoms in total. The van der Waals surface area contributed by atoms with Gasteiger partial charge in [0, 0.05) is 5.39 Å². The van der Waals surface area contributed by atoms with Crippen molar-refractivity contribution in [2.24, 2.45) is 0 Å². The molecule has 0 aliphatic rings. The summed E-state index contributed by atoms with van der Waals surface area (Å²) in [5.74, 6) is 0.953. The Morgan fingerprint density at radius 1 is 1.25 bits per heavy atom. The van der Waals surface area contributed by atoms with E-state index in [2.05, 4.69) is 9.97 Å². The van der Waals surface area contributed by atoms with E-state index in [1.54, 1.807) is 0 Å². The van der Waals surface area contributed by atoms with Crippen molar-refractivity contribution in [1.82, 2.24) is 9.97 Å². The van der Waals surface area contributed by atoms with Crippen LogP contribution in [0.3, 0.4) is 0 Å². The molecule has 0 N–H and O–H groups in total. The van der Waals surface area contributed by atoms with Gasteiger partial charge in [-0.05, 0) is 19.1 Å². The second kappa shape index (κ2) is 3.46. The molecule has 0 atom stereocenters. The standard InChI is InChI=1S/C12H9ClN2O/c1-7-12-11(15-10(6-13)14-7)8-4-2-3-5-9(8)16-12/h2-5H,6H2,1H3. The molecule has 4 heteroatoms. The Morgan fingerprint density at radius 2 is 2.06 bits per heavy atom. The van der Waals surface area contributed by atoms with E-state index in [0.29, 0.717) is 11.7 Å². The van der Waals surface area contributed by atoms with Gasteiger partial charge >= 0.3 is 0 Å². The zero-order chi connectivity index (χ0) is 11.1. The monoisotopic (exact) mass is 232 g/mol. The Labute approximate surface area is 97.1 Å². The highest BCUT2D eigenvalue weighted by Gasteiger charge is 2.12. The van der Waals surface area contributed by atoms with Crippen LogP contribution in [0, 0.1) is 6.92 Å². The van der Waals surface area contributed by atoms with Crippen molar-refractivity contribution >= 4 is 33.7 Å². The molecular weight excluding hydrogens is 224 g/mol. The number of alkyl halides is 1. The molecule has 0 radical (unpaired) electrons. The first kappa shape index (κ1) is 9.60. The molecular formula is C12H9ClN2O. The lowest BCUT2D eigenvalue weighted by Crippen LogP contribution is -1.93. The maximum Gasteiger partial charge on any atom is 0.175 e. The maximum atomic E-state index is 5.76. The Morgan fingerprint density at radius 3 is 2.88 bits per heavy atom. The number of aromatic nitrogens is 2. The van der Waals surface area contributed by atoms with Crippen molar-refractivity contribution in [2.45, 2.75) is 12.8 Å². The summed E-state index contributed by atoms with van der Waals surface area (Å²) in [5.41, 5.74) is 3.26. The van der Waals surface area contributed by atoms with Crippen LogP contribution in [0.4, 0.5) is 0 Å². The van der Waals surface area contributed by atoms with Crippen molar-refractivity contribution in [3.63, 3.8) is 0 Å². The SMILES string of the molecule is Cc1nc(CCl)nc2c1oc1ccccc12. The van der Waals surface area contributed by atoms with E-state index < -0.39 is 0 Å². The van der Waals surface area contributed by atoms with Crippen LogP contribution < -0.4 is 0 Å². The smallest absolute Gasteiger partial charge is 0.175 e. The number of para-hydroxylation sites is 1. The number of furan rings is 1. The molecule has 0 aliphatic carbocycles. The molecule has 0 bridgehead atoms. The molecule has 0 saturated carbocycles. The molecule has 0 amide bonds. The van der Waals surface area contributed by atoms with Crippen LogP contribution in [0.5, 0.6) is 0 Å². The van der Waals surface area contributed by atoms with Gasteiger partial charge in [-0.1, -0.05) is 12.1 Å². The molecule has 0 aliphatic heterocycles. The predicted molar refractivity (Wildman–Crippen MR) is 63.6 cm³/mol. The molecule has 3 rings (SSSR count). The fraction of sp³-hybridized carbons (Fsp3) is 0.167. The number of hydrogen-bond acceptors (Lipinski definition) is 3. The van der Waals surface area contributed by atoms with Crippen molar-refractivity contribution in [1.29, 1.82) is 0 Å². The first-order valence-electron chi connectivity index (χ1n) is 5.00. The molecule has 0 saturated heterocycles. The fourth-order valence-corrected chi connectivity index (χ4v) is 1.97. The Hall–Kier alpha value is -1.61. The van der Waals surface area contributed by atoms with Gasteiger partial charge in [0.1, 0.15) is 16.9 Å². The summed E-state index contributed by atoms with van der Waals surface area (Å²) < 4.78 is 5.71. The summed E-state index contributed by atoms with van der Waals surface area (Å²) in [6.07, 6.45) is 0. The summed E-state index contributed by atoms with van der Waals surface area (Å²) in [6.45, 7) is 1.91. The van der Waals surface area contributed by atoms with Gasteiger partial charge in [0.05, 0.1) is 11.6 Å². The molecule has 80 valence electrons. The van der Waals surface area contributed by atoms with E-state index in [1.807, 2.05) is 31.2 Å². The van der Waals surface area contributed by atoms with E-state index in [1.165, 1.54) is 0 Å². The highest BCUT2D eigenvalue weighted by Crippen LogP contribution is 2.28. The molecule has 0 fully saturated rings. The predicted octanol–water partition coefficient (Wildman–Crippen LogP) is 3.42. The van der Waals surface area contributed by atoms with Crippen molar-refractivity contribution in [2.75, 3.05) is 0 Å². The average Bonchev–Trinajstić information content (AvgIpc) is 2.68. The van der Waals surface area contributed by atoms with E-state index >= 15 is 0 Å². The third-order valence-corrected chi connectivity index (χ3v) is 2.79. The van der Waals surface area contributed by atoms with E-state index in [9.17, 15) is 0 Å². The van der Waals surface area contributed by atoms with Crippen molar-refractivity contribution in [3.05, 3.63) is 35.8 Å². The highest BCUT2D eigenvalue weighted by molar-refractivity contribution is 6.16. The second-order valence-electron chi connectivity index (χ2n) is 3.63. The van der Waals surface area contributed by atoms with Gasteiger partial charge in [0.2, 0.25) is 0 Å². The lowest BCUT2D eigenvalue weighted by molar-refractivity contribution is 0.660. The Balaban J connectivity index is 2.51. The zero-order valence-electron chi connectivity index (χ0n) is 8.70. The van der Waals surface area contributed by atoms with Crippen LogP contribution in [0.1, 0.15) is 11.5 Å². The van der Waals surface area contributed by atoms with Gasteiger partial charge < -0.3 is 4.42 Å². The largest absolute Gasteiger partial charge is 0.452 e. The number of aryl methyl sites for hydroxylation is 1. The van der Waals surface area contributed by atoms with E-state index in [0.717, 1.165) is 27.8 Å². The third-order valence-electron chi connectivity index (χ3n) is 2.56. The Bertz CT molecular complexity index is 675. The minimum Gasteiger partial charge on any atom is -0.452 e.